The molecule has 1 unspecified atom stereocenters. The summed E-state index contributed by atoms with van der Waals surface area (Å²) >= 11 is 0. The Morgan fingerprint density at radius 2 is 2.16 bits per heavy atom. The molecule has 1 aromatic rings. The molecule has 106 valence electrons. The SMILES string of the molecule is COCc1cccc(NCC(C(=O)O)C(F)(F)F)c1. The number of carbonyl (C=O) groups is 1. The van der Waals surface area contributed by atoms with Crippen LogP contribution in [0.15, 0.2) is 24.3 Å². The second-order valence-electron chi connectivity index (χ2n) is 3.95. The smallest absolute Gasteiger partial charge is 0.403 e. The zero-order chi connectivity index (χ0) is 14.5. The molecule has 7 heteroatoms. The van der Waals surface area contributed by atoms with Crippen LogP contribution in [-0.4, -0.2) is 30.9 Å². The maximum absolute atomic E-state index is 12.4. The summed E-state index contributed by atoms with van der Waals surface area (Å²) in [5.41, 5.74) is 1.21. The summed E-state index contributed by atoms with van der Waals surface area (Å²) < 4.78 is 42.2. The predicted molar refractivity (Wildman–Crippen MR) is 62.8 cm³/mol. The maximum Gasteiger partial charge on any atom is 0.403 e. The Kier molecular flexibility index (Phi) is 5.17. The molecule has 0 radical (unpaired) electrons. The van der Waals surface area contributed by atoms with Crippen LogP contribution in [0.4, 0.5) is 18.9 Å². The zero-order valence-corrected chi connectivity index (χ0v) is 10.2. The van der Waals surface area contributed by atoms with E-state index < -0.39 is 24.6 Å². The van der Waals surface area contributed by atoms with Crippen molar-refractivity contribution in [2.75, 3.05) is 19.0 Å². The van der Waals surface area contributed by atoms with Crippen LogP contribution in [-0.2, 0) is 16.1 Å². The number of halogens is 3. The monoisotopic (exact) mass is 277 g/mol. The highest BCUT2D eigenvalue weighted by atomic mass is 19.4. The van der Waals surface area contributed by atoms with Gasteiger partial charge < -0.3 is 15.2 Å². The number of hydrogen-bond donors (Lipinski definition) is 2. The molecule has 0 fully saturated rings. The molecule has 0 bridgehead atoms. The van der Waals surface area contributed by atoms with E-state index in [1.165, 1.54) is 7.11 Å². The van der Waals surface area contributed by atoms with Crippen molar-refractivity contribution in [3.05, 3.63) is 29.8 Å². The highest BCUT2D eigenvalue weighted by Crippen LogP contribution is 2.27. The molecule has 4 nitrogen and oxygen atoms in total. The number of nitrogens with one attached hydrogen (secondary N) is 1. The van der Waals surface area contributed by atoms with E-state index in [-0.39, 0.29) is 0 Å². The number of carboxylic acids is 1. The number of carboxylic acid groups (broad SMARTS) is 1. The maximum atomic E-state index is 12.4. The van der Waals surface area contributed by atoms with E-state index in [9.17, 15) is 18.0 Å². The highest BCUT2D eigenvalue weighted by Gasteiger charge is 2.44. The lowest BCUT2D eigenvalue weighted by Crippen LogP contribution is -2.36. The van der Waals surface area contributed by atoms with Crippen LogP contribution in [0.2, 0.25) is 0 Å². The summed E-state index contributed by atoms with van der Waals surface area (Å²) in [4.78, 5) is 10.6. The molecule has 0 aromatic heterocycles. The third-order valence-electron chi connectivity index (χ3n) is 2.44. The summed E-state index contributed by atoms with van der Waals surface area (Å²) in [7, 11) is 1.50. The number of hydrogen-bond acceptors (Lipinski definition) is 3. The summed E-state index contributed by atoms with van der Waals surface area (Å²) in [6, 6.07) is 6.58. The second-order valence-corrected chi connectivity index (χ2v) is 3.95. The van der Waals surface area contributed by atoms with E-state index in [2.05, 4.69) is 5.32 Å². The quantitative estimate of drug-likeness (QED) is 0.838. The summed E-state index contributed by atoms with van der Waals surface area (Å²) in [6.07, 6.45) is -4.77. The summed E-state index contributed by atoms with van der Waals surface area (Å²) in [5.74, 6) is -4.33. The van der Waals surface area contributed by atoms with Gasteiger partial charge in [-0.15, -0.1) is 0 Å². The van der Waals surface area contributed by atoms with E-state index in [4.69, 9.17) is 9.84 Å². The Bertz CT molecular complexity index is 434. The fourth-order valence-corrected chi connectivity index (χ4v) is 1.50. The van der Waals surface area contributed by atoms with Crippen molar-refractivity contribution in [1.29, 1.82) is 0 Å². The largest absolute Gasteiger partial charge is 0.481 e. The second kappa shape index (κ2) is 6.42. The van der Waals surface area contributed by atoms with E-state index in [1.807, 2.05) is 0 Å². The molecule has 1 aromatic carbocycles. The zero-order valence-electron chi connectivity index (χ0n) is 10.2. The fraction of sp³-hybridized carbons (Fsp3) is 0.417. The Morgan fingerprint density at radius 3 is 2.68 bits per heavy atom. The molecule has 0 heterocycles. The first-order valence-corrected chi connectivity index (χ1v) is 5.46. The molecule has 0 aliphatic rings. The third-order valence-corrected chi connectivity index (χ3v) is 2.44. The van der Waals surface area contributed by atoms with Crippen LogP contribution in [0.5, 0.6) is 0 Å². The molecule has 2 N–H and O–H groups in total. The minimum atomic E-state index is -4.77. The van der Waals surface area contributed by atoms with Crippen LogP contribution < -0.4 is 5.32 Å². The van der Waals surface area contributed by atoms with Crippen LogP contribution >= 0.6 is 0 Å². The molecule has 1 rings (SSSR count). The van der Waals surface area contributed by atoms with Crippen molar-refractivity contribution >= 4 is 11.7 Å². The number of anilines is 1. The van der Waals surface area contributed by atoms with Crippen LogP contribution in [0.25, 0.3) is 0 Å². The molecule has 0 spiro atoms. The normalized spacial score (nSPS) is 13.1. The number of benzene rings is 1. The van der Waals surface area contributed by atoms with Crippen LogP contribution in [0.3, 0.4) is 0 Å². The van der Waals surface area contributed by atoms with Crippen molar-refractivity contribution in [3.8, 4) is 0 Å². The van der Waals surface area contributed by atoms with Gasteiger partial charge in [0.25, 0.3) is 0 Å². The predicted octanol–water partition coefficient (Wildman–Crippen LogP) is 2.51. The van der Waals surface area contributed by atoms with Gasteiger partial charge in [0, 0.05) is 19.3 Å². The van der Waals surface area contributed by atoms with Crippen molar-refractivity contribution in [3.63, 3.8) is 0 Å². The average Bonchev–Trinajstić information content (AvgIpc) is 2.27. The molecule has 0 aliphatic carbocycles. The summed E-state index contributed by atoms with van der Waals surface area (Å²) in [6.45, 7) is -0.383. The van der Waals surface area contributed by atoms with Gasteiger partial charge in [-0.25, -0.2) is 0 Å². The minimum Gasteiger partial charge on any atom is -0.481 e. The van der Waals surface area contributed by atoms with E-state index in [0.717, 1.165) is 5.56 Å². The number of rotatable bonds is 6. The Balaban J connectivity index is 2.69. The minimum absolute atomic E-state index is 0.331. The molecule has 0 aliphatic heterocycles. The molecule has 1 atom stereocenters. The van der Waals surface area contributed by atoms with Crippen LogP contribution in [0.1, 0.15) is 5.56 Å². The van der Waals surface area contributed by atoms with Gasteiger partial charge in [0.1, 0.15) is 0 Å². The van der Waals surface area contributed by atoms with Crippen LogP contribution in [0, 0.1) is 5.92 Å². The molecule has 19 heavy (non-hydrogen) atoms. The van der Waals surface area contributed by atoms with Gasteiger partial charge >= 0.3 is 12.1 Å². The van der Waals surface area contributed by atoms with Gasteiger partial charge in [-0.3, -0.25) is 4.79 Å². The standard InChI is InChI=1S/C12H14F3NO3/c1-19-7-8-3-2-4-9(5-8)16-6-10(11(17)18)12(13,14)15/h2-5,10,16H,6-7H2,1H3,(H,17,18). The number of aliphatic carboxylic acids is 1. The van der Waals surface area contributed by atoms with Crippen molar-refractivity contribution in [1.82, 2.24) is 0 Å². The first-order chi connectivity index (χ1) is 8.84. The lowest BCUT2D eigenvalue weighted by atomic mass is 10.1. The van der Waals surface area contributed by atoms with E-state index in [1.54, 1.807) is 24.3 Å². The van der Waals surface area contributed by atoms with Gasteiger partial charge in [-0.1, -0.05) is 12.1 Å². The average molecular weight is 277 g/mol. The number of alkyl halides is 3. The van der Waals surface area contributed by atoms with Gasteiger partial charge in [0.2, 0.25) is 0 Å². The lowest BCUT2D eigenvalue weighted by molar-refractivity contribution is -0.190. The number of methoxy groups -OCH3 is 1. The lowest BCUT2D eigenvalue weighted by Gasteiger charge is -2.17. The molecule has 0 saturated carbocycles. The first kappa shape index (κ1) is 15.3. The first-order valence-electron chi connectivity index (χ1n) is 5.46. The van der Waals surface area contributed by atoms with Gasteiger partial charge in [-0.05, 0) is 17.7 Å². The van der Waals surface area contributed by atoms with Crippen molar-refractivity contribution in [2.24, 2.45) is 5.92 Å². The molecular formula is C12H14F3NO3. The third kappa shape index (κ3) is 4.78. The van der Waals surface area contributed by atoms with Gasteiger partial charge in [0.15, 0.2) is 5.92 Å². The Morgan fingerprint density at radius 1 is 1.47 bits per heavy atom. The van der Waals surface area contributed by atoms with E-state index >= 15 is 0 Å². The topological polar surface area (TPSA) is 58.6 Å². The van der Waals surface area contributed by atoms with E-state index in [0.29, 0.717) is 12.3 Å². The highest BCUT2D eigenvalue weighted by molar-refractivity contribution is 5.71. The molecule has 0 amide bonds. The Hall–Kier alpha value is -1.76. The summed E-state index contributed by atoms with van der Waals surface area (Å²) in [5, 5.41) is 11.0. The number of ether oxygens (including phenoxy) is 1. The fourth-order valence-electron chi connectivity index (χ4n) is 1.50. The van der Waals surface area contributed by atoms with Crippen molar-refractivity contribution < 1.29 is 27.8 Å². The van der Waals surface area contributed by atoms with Crippen molar-refractivity contribution in [2.45, 2.75) is 12.8 Å². The van der Waals surface area contributed by atoms with Gasteiger partial charge in [0.05, 0.1) is 6.61 Å². The Labute approximate surface area is 108 Å². The van der Waals surface area contributed by atoms with Gasteiger partial charge in [-0.2, -0.15) is 13.2 Å². The molecular weight excluding hydrogens is 263 g/mol. The molecule has 0 saturated heterocycles.